The number of para-hydroxylation sites is 1. The number of fused-ring (bicyclic) bond motifs is 2. The number of carbonyl (C=O) groups excluding carboxylic acids is 1. The number of benzene rings is 2. The standard InChI is InChI=1S/C26H33N3O/c1-18-9-10-24-22(20(18)3)12-16-29(26(24)30)14-6-13-28(4)15-11-21-17-27-25-19(2)7-5-8-23(21)25/h5,7-10,17,27H,6,11-16H2,1-4H3. The van der Waals surface area contributed by atoms with Crippen LogP contribution in [0.25, 0.3) is 10.9 Å². The molecule has 0 atom stereocenters. The second kappa shape index (κ2) is 8.65. The lowest BCUT2D eigenvalue weighted by molar-refractivity contribution is 0.0733. The second-order valence-corrected chi connectivity index (χ2v) is 8.79. The van der Waals surface area contributed by atoms with E-state index in [4.69, 9.17) is 0 Å². The van der Waals surface area contributed by atoms with Crippen LogP contribution in [0.4, 0.5) is 0 Å². The number of nitrogens with zero attached hydrogens (tertiary/aromatic N) is 2. The van der Waals surface area contributed by atoms with Gasteiger partial charge in [0.05, 0.1) is 0 Å². The minimum atomic E-state index is 0.205. The van der Waals surface area contributed by atoms with Crippen LogP contribution in [0.5, 0.6) is 0 Å². The van der Waals surface area contributed by atoms with Gasteiger partial charge in [0.25, 0.3) is 5.91 Å². The molecule has 0 bridgehead atoms. The molecule has 1 aromatic heterocycles. The highest BCUT2D eigenvalue weighted by Gasteiger charge is 2.25. The van der Waals surface area contributed by atoms with E-state index in [0.717, 1.165) is 51.0 Å². The molecule has 4 rings (SSSR count). The quantitative estimate of drug-likeness (QED) is 0.623. The highest BCUT2D eigenvalue weighted by atomic mass is 16.2. The number of hydrogen-bond donors (Lipinski definition) is 1. The predicted molar refractivity (Wildman–Crippen MR) is 124 cm³/mol. The van der Waals surface area contributed by atoms with Gasteiger partial charge in [-0.3, -0.25) is 4.79 Å². The Morgan fingerprint density at radius 1 is 1.07 bits per heavy atom. The number of aromatic amines is 1. The SMILES string of the molecule is Cc1ccc2c(c1C)CCN(CCCN(C)CCc1c[nH]c3c(C)cccc13)C2=O. The number of likely N-dealkylation sites (N-methyl/N-ethyl adjacent to an activating group) is 1. The maximum absolute atomic E-state index is 12.9. The van der Waals surface area contributed by atoms with Crippen LogP contribution in [0, 0.1) is 20.8 Å². The van der Waals surface area contributed by atoms with Crippen LogP contribution < -0.4 is 0 Å². The summed E-state index contributed by atoms with van der Waals surface area (Å²) in [7, 11) is 2.18. The van der Waals surface area contributed by atoms with Gasteiger partial charge in [-0.1, -0.05) is 24.3 Å². The van der Waals surface area contributed by atoms with E-state index in [2.05, 4.69) is 68.2 Å². The van der Waals surface area contributed by atoms with Crippen molar-refractivity contribution in [1.29, 1.82) is 0 Å². The van der Waals surface area contributed by atoms with Gasteiger partial charge >= 0.3 is 0 Å². The molecule has 0 unspecified atom stereocenters. The summed E-state index contributed by atoms with van der Waals surface area (Å²) >= 11 is 0. The fraction of sp³-hybridized carbons (Fsp3) is 0.423. The van der Waals surface area contributed by atoms with E-state index in [1.165, 1.54) is 38.7 Å². The summed E-state index contributed by atoms with van der Waals surface area (Å²) in [4.78, 5) is 20.7. The highest BCUT2D eigenvalue weighted by Crippen LogP contribution is 2.25. The molecule has 0 aliphatic carbocycles. The molecule has 1 N–H and O–H groups in total. The molecule has 158 valence electrons. The first kappa shape index (κ1) is 20.7. The number of aromatic nitrogens is 1. The largest absolute Gasteiger partial charge is 0.361 e. The number of carbonyl (C=O) groups is 1. The first-order chi connectivity index (χ1) is 14.5. The molecule has 30 heavy (non-hydrogen) atoms. The molecule has 2 aromatic carbocycles. The van der Waals surface area contributed by atoms with Crippen LogP contribution in [-0.2, 0) is 12.8 Å². The van der Waals surface area contributed by atoms with Crippen molar-refractivity contribution >= 4 is 16.8 Å². The van der Waals surface area contributed by atoms with E-state index < -0.39 is 0 Å². The van der Waals surface area contributed by atoms with Crippen molar-refractivity contribution in [2.45, 2.75) is 40.0 Å². The molecule has 4 nitrogen and oxygen atoms in total. The molecule has 1 amide bonds. The summed E-state index contributed by atoms with van der Waals surface area (Å²) < 4.78 is 0. The molecular weight excluding hydrogens is 370 g/mol. The molecule has 0 saturated carbocycles. The van der Waals surface area contributed by atoms with Crippen LogP contribution in [-0.4, -0.2) is 53.9 Å². The molecule has 0 saturated heterocycles. The van der Waals surface area contributed by atoms with Crippen molar-refractivity contribution in [3.8, 4) is 0 Å². The van der Waals surface area contributed by atoms with Crippen molar-refractivity contribution in [2.24, 2.45) is 0 Å². The van der Waals surface area contributed by atoms with Crippen molar-refractivity contribution in [3.63, 3.8) is 0 Å². The van der Waals surface area contributed by atoms with E-state index in [1.54, 1.807) is 0 Å². The summed E-state index contributed by atoms with van der Waals surface area (Å²) in [5, 5.41) is 1.34. The molecular formula is C26H33N3O. The summed E-state index contributed by atoms with van der Waals surface area (Å²) in [6, 6.07) is 10.6. The van der Waals surface area contributed by atoms with Crippen LogP contribution in [0.2, 0.25) is 0 Å². The third-order valence-electron chi connectivity index (χ3n) is 6.76. The Balaban J connectivity index is 1.27. The van der Waals surface area contributed by atoms with Crippen LogP contribution in [0.15, 0.2) is 36.5 Å². The predicted octanol–water partition coefficient (Wildman–Crippen LogP) is 4.66. The first-order valence-corrected chi connectivity index (χ1v) is 11.1. The van der Waals surface area contributed by atoms with Crippen molar-refractivity contribution in [1.82, 2.24) is 14.8 Å². The van der Waals surface area contributed by atoms with E-state index in [0.29, 0.717) is 0 Å². The normalized spacial score (nSPS) is 14.0. The summed E-state index contributed by atoms with van der Waals surface area (Å²) in [6.45, 7) is 10.1. The summed E-state index contributed by atoms with van der Waals surface area (Å²) in [5.41, 5.74) is 8.66. The van der Waals surface area contributed by atoms with E-state index >= 15 is 0 Å². The molecule has 0 fully saturated rings. The molecule has 2 heterocycles. The number of hydrogen-bond acceptors (Lipinski definition) is 2. The number of H-pyrrole nitrogens is 1. The number of aryl methyl sites for hydroxylation is 2. The maximum atomic E-state index is 12.9. The lowest BCUT2D eigenvalue weighted by atomic mass is 9.91. The average molecular weight is 404 g/mol. The van der Waals surface area contributed by atoms with Crippen LogP contribution in [0.1, 0.15) is 44.6 Å². The van der Waals surface area contributed by atoms with Crippen molar-refractivity contribution < 1.29 is 4.79 Å². The van der Waals surface area contributed by atoms with E-state index in [9.17, 15) is 4.79 Å². The van der Waals surface area contributed by atoms with Crippen molar-refractivity contribution in [2.75, 3.05) is 33.2 Å². The second-order valence-electron chi connectivity index (χ2n) is 8.79. The lowest BCUT2D eigenvalue weighted by Crippen LogP contribution is -2.39. The fourth-order valence-electron chi connectivity index (χ4n) is 4.65. The Hall–Kier alpha value is -2.59. The van der Waals surface area contributed by atoms with Gasteiger partial charge < -0.3 is 14.8 Å². The van der Waals surface area contributed by atoms with Gasteiger partial charge in [-0.15, -0.1) is 0 Å². The molecule has 3 aromatic rings. The van der Waals surface area contributed by atoms with Crippen molar-refractivity contribution in [3.05, 3.63) is 69.9 Å². The van der Waals surface area contributed by atoms with Gasteiger partial charge in [0.2, 0.25) is 0 Å². The summed E-state index contributed by atoms with van der Waals surface area (Å²) in [6.07, 6.45) is 5.17. The highest BCUT2D eigenvalue weighted by molar-refractivity contribution is 5.97. The Kier molecular flexibility index (Phi) is 5.96. The average Bonchev–Trinajstić information content (AvgIpc) is 3.15. The molecule has 1 aliphatic heterocycles. The topological polar surface area (TPSA) is 39.3 Å². The van der Waals surface area contributed by atoms with Crippen LogP contribution in [0.3, 0.4) is 0 Å². The maximum Gasteiger partial charge on any atom is 0.254 e. The van der Waals surface area contributed by atoms with Crippen LogP contribution >= 0.6 is 0 Å². The van der Waals surface area contributed by atoms with Gasteiger partial charge in [0, 0.05) is 42.3 Å². The molecule has 4 heteroatoms. The lowest BCUT2D eigenvalue weighted by Gasteiger charge is -2.30. The zero-order valence-corrected chi connectivity index (χ0v) is 18.7. The first-order valence-electron chi connectivity index (χ1n) is 11.1. The minimum absolute atomic E-state index is 0.205. The Morgan fingerprint density at radius 3 is 2.73 bits per heavy atom. The van der Waals surface area contributed by atoms with Gasteiger partial charge in [0.1, 0.15) is 0 Å². The minimum Gasteiger partial charge on any atom is -0.361 e. The number of amides is 1. The summed E-state index contributed by atoms with van der Waals surface area (Å²) in [5.74, 6) is 0.205. The zero-order valence-electron chi connectivity index (χ0n) is 18.7. The van der Waals surface area contributed by atoms with Gasteiger partial charge in [-0.2, -0.15) is 0 Å². The number of nitrogens with one attached hydrogen (secondary N) is 1. The molecule has 0 spiro atoms. The monoisotopic (exact) mass is 403 g/mol. The zero-order chi connectivity index (χ0) is 21.3. The smallest absolute Gasteiger partial charge is 0.254 e. The van der Waals surface area contributed by atoms with Gasteiger partial charge in [0.15, 0.2) is 0 Å². The van der Waals surface area contributed by atoms with E-state index in [-0.39, 0.29) is 5.91 Å². The number of rotatable bonds is 7. The molecule has 0 radical (unpaired) electrons. The molecule has 1 aliphatic rings. The third kappa shape index (κ3) is 4.01. The Morgan fingerprint density at radius 2 is 1.90 bits per heavy atom. The Bertz CT molecular complexity index is 1070. The van der Waals surface area contributed by atoms with Gasteiger partial charge in [-0.05, 0) is 87.5 Å². The Labute approximate surface area is 179 Å². The van der Waals surface area contributed by atoms with Gasteiger partial charge in [-0.25, -0.2) is 0 Å². The van der Waals surface area contributed by atoms with E-state index in [1.807, 2.05) is 11.0 Å². The third-order valence-corrected chi connectivity index (χ3v) is 6.76. The fourth-order valence-corrected chi connectivity index (χ4v) is 4.65.